The molecule has 0 aromatic carbocycles. The van der Waals surface area contributed by atoms with Crippen LogP contribution in [-0.2, 0) is 11.3 Å². The number of fused-ring (bicyclic) bond motifs is 2. The number of imidazole rings is 1. The Morgan fingerprint density at radius 3 is 2.96 bits per heavy atom. The van der Waals surface area contributed by atoms with Crippen LogP contribution < -0.4 is 0 Å². The zero-order chi connectivity index (χ0) is 16.7. The molecule has 0 saturated heterocycles. The van der Waals surface area contributed by atoms with Gasteiger partial charge in [0.05, 0.1) is 10.7 Å². The maximum absolute atomic E-state index is 12.1. The minimum atomic E-state index is -0.630. The van der Waals surface area contributed by atoms with Crippen molar-refractivity contribution in [1.82, 2.24) is 29.0 Å². The van der Waals surface area contributed by atoms with Gasteiger partial charge in [-0.3, -0.25) is 0 Å². The Hall–Kier alpha value is -3.00. The molecule has 0 N–H and O–H groups in total. The van der Waals surface area contributed by atoms with E-state index in [1.807, 2.05) is 6.92 Å². The Labute approximate surface area is 140 Å². The number of carbonyl (C=O) groups is 1. The third-order valence-corrected chi connectivity index (χ3v) is 3.65. The number of rotatable bonds is 3. The quantitative estimate of drug-likeness (QED) is 0.530. The van der Waals surface area contributed by atoms with Gasteiger partial charge in [0.1, 0.15) is 12.3 Å². The summed E-state index contributed by atoms with van der Waals surface area (Å²) in [5.41, 5.74) is 2.14. The molecule has 0 fully saturated rings. The second-order valence-corrected chi connectivity index (χ2v) is 5.59. The van der Waals surface area contributed by atoms with Crippen LogP contribution in [0.25, 0.3) is 11.4 Å². The molecule has 0 spiro atoms. The molecule has 0 radical (unpaired) electrons. The molecule has 4 rings (SSSR count). The Bertz CT molecular complexity index is 1070. The summed E-state index contributed by atoms with van der Waals surface area (Å²) in [6.07, 6.45) is 5.08. The SMILES string of the molecule is Cc1ccnc2nc(C(=O)OCc3cn4cc(Cl)ccc4n3)nn12. The number of hydrogen-bond acceptors (Lipinski definition) is 6. The summed E-state index contributed by atoms with van der Waals surface area (Å²) in [4.78, 5) is 24.6. The van der Waals surface area contributed by atoms with E-state index in [0.29, 0.717) is 16.5 Å². The minimum Gasteiger partial charge on any atom is -0.453 e. The molecule has 24 heavy (non-hydrogen) atoms. The Morgan fingerprint density at radius 1 is 1.25 bits per heavy atom. The summed E-state index contributed by atoms with van der Waals surface area (Å²) in [5, 5.41) is 4.70. The third kappa shape index (κ3) is 2.56. The smallest absolute Gasteiger partial charge is 0.378 e. The standard InChI is InChI=1S/C15H11ClN6O2/c1-9-4-5-17-15-19-13(20-22(9)15)14(23)24-8-11-7-21-6-10(16)2-3-12(21)18-11/h2-7H,8H2,1H3. The number of ether oxygens (including phenoxy) is 1. The van der Waals surface area contributed by atoms with Crippen LogP contribution in [0.1, 0.15) is 22.0 Å². The lowest BCUT2D eigenvalue weighted by molar-refractivity contribution is 0.0454. The van der Waals surface area contributed by atoms with E-state index in [-0.39, 0.29) is 12.4 Å². The number of pyridine rings is 1. The van der Waals surface area contributed by atoms with Crippen molar-refractivity contribution in [3.05, 3.63) is 59.0 Å². The molecule has 4 aromatic heterocycles. The lowest BCUT2D eigenvalue weighted by Gasteiger charge is -1.98. The molecule has 0 atom stereocenters. The van der Waals surface area contributed by atoms with Crippen LogP contribution in [-0.4, -0.2) is 34.9 Å². The Kier molecular flexibility index (Phi) is 3.39. The molecule has 4 aromatic rings. The summed E-state index contributed by atoms with van der Waals surface area (Å²) < 4.78 is 8.48. The topological polar surface area (TPSA) is 86.7 Å². The molecule has 0 aliphatic heterocycles. The van der Waals surface area contributed by atoms with Crippen molar-refractivity contribution in [2.24, 2.45) is 0 Å². The molecule has 0 saturated carbocycles. The van der Waals surface area contributed by atoms with Crippen LogP contribution >= 0.6 is 11.6 Å². The molecule has 9 heteroatoms. The number of nitrogens with zero attached hydrogens (tertiary/aromatic N) is 6. The van der Waals surface area contributed by atoms with Crippen molar-refractivity contribution in [2.75, 3.05) is 0 Å². The molecule has 0 amide bonds. The highest BCUT2D eigenvalue weighted by Gasteiger charge is 2.16. The van der Waals surface area contributed by atoms with E-state index in [9.17, 15) is 4.79 Å². The zero-order valence-corrected chi connectivity index (χ0v) is 13.3. The third-order valence-electron chi connectivity index (χ3n) is 3.43. The van der Waals surface area contributed by atoms with E-state index < -0.39 is 5.97 Å². The van der Waals surface area contributed by atoms with Crippen molar-refractivity contribution < 1.29 is 9.53 Å². The predicted molar refractivity (Wildman–Crippen MR) is 84.8 cm³/mol. The fourth-order valence-corrected chi connectivity index (χ4v) is 2.45. The van der Waals surface area contributed by atoms with Crippen LogP contribution in [0.2, 0.25) is 5.02 Å². The Morgan fingerprint density at radius 2 is 2.12 bits per heavy atom. The van der Waals surface area contributed by atoms with Gasteiger partial charge in [-0.1, -0.05) is 11.6 Å². The van der Waals surface area contributed by atoms with Gasteiger partial charge in [0.25, 0.3) is 11.6 Å². The van der Waals surface area contributed by atoms with E-state index in [0.717, 1.165) is 11.3 Å². The average molecular weight is 343 g/mol. The van der Waals surface area contributed by atoms with Gasteiger partial charge < -0.3 is 9.14 Å². The van der Waals surface area contributed by atoms with Crippen molar-refractivity contribution in [2.45, 2.75) is 13.5 Å². The molecule has 0 aliphatic rings. The molecule has 0 aliphatic carbocycles. The highest BCUT2D eigenvalue weighted by Crippen LogP contribution is 2.12. The Balaban J connectivity index is 1.53. The molecular formula is C15H11ClN6O2. The van der Waals surface area contributed by atoms with E-state index in [1.165, 1.54) is 4.52 Å². The first-order valence-corrected chi connectivity index (χ1v) is 7.46. The van der Waals surface area contributed by atoms with Crippen LogP contribution in [0.5, 0.6) is 0 Å². The highest BCUT2D eigenvalue weighted by molar-refractivity contribution is 6.30. The van der Waals surface area contributed by atoms with Gasteiger partial charge in [-0.25, -0.2) is 19.3 Å². The summed E-state index contributed by atoms with van der Waals surface area (Å²) in [7, 11) is 0. The number of halogens is 1. The number of aromatic nitrogens is 6. The van der Waals surface area contributed by atoms with Crippen molar-refractivity contribution in [3.8, 4) is 0 Å². The van der Waals surface area contributed by atoms with Crippen molar-refractivity contribution in [1.29, 1.82) is 0 Å². The first-order chi connectivity index (χ1) is 11.6. The van der Waals surface area contributed by atoms with E-state index >= 15 is 0 Å². The van der Waals surface area contributed by atoms with Gasteiger partial charge in [-0.15, -0.1) is 5.10 Å². The van der Waals surface area contributed by atoms with E-state index in [2.05, 4.69) is 20.1 Å². The minimum absolute atomic E-state index is 0.0140. The molecule has 0 unspecified atom stereocenters. The van der Waals surface area contributed by atoms with E-state index in [4.69, 9.17) is 16.3 Å². The lowest BCUT2D eigenvalue weighted by Crippen LogP contribution is -2.08. The zero-order valence-electron chi connectivity index (χ0n) is 12.5. The second kappa shape index (κ2) is 5.57. The molecule has 8 nitrogen and oxygen atoms in total. The predicted octanol–water partition coefficient (Wildman–Crippen LogP) is 2.09. The number of esters is 1. The summed E-state index contributed by atoms with van der Waals surface area (Å²) in [5.74, 6) is -0.317. The van der Waals surface area contributed by atoms with Gasteiger partial charge >= 0.3 is 5.97 Å². The summed E-state index contributed by atoms with van der Waals surface area (Å²) in [6, 6.07) is 5.31. The largest absolute Gasteiger partial charge is 0.453 e. The van der Waals surface area contributed by atoms with Gasteiger partial charge in [0, 0.05) is 24.3 Å². The monoisotopic (exact) mass is 342 g/mol. The normalized spacial score (nSPS) is 11.2. The fraction of sp³-hybridized carbons (Fsp3) is 0.133. The van der Waals surface area contributed by atoms with Crippen LogP contribution in [0.4, 0.5) is 0 Å². The van der Waals surface area contributed by atoms with Gasteiger partial charge in [-0.05, 0) is 25.1 Å². The van der Waals surface area contributed by atoms with Gasteiger partial charge in [0.15, 0.2) is 0 Å². The number of carbonyl (C=O) groups excluding carboxylic acids is 1. The molecule has 120 valence electrons. The van der Waals surface area contributed by atoms with E-state index in [1.54, 1.807) is 41.2 Å². The first kappa shape index (κ1) is 14.6. The van der Waals surface area contributed by atoms with Crippen LogP contribution in [0.3, 0.4) is 0 Å². The maximum Gasteiger partial charge on any atom is 0.378 e. The van der Waals surface area contributed by atoms with Gasteiger partial charge in [-0.2, -0.15) is 4.98 Å². The molecule has 4 heterocycles. The first-order valence-electron chi connectivity index (χ1n) is 7.09. The van der Waals surface area contributed by atoms with Crippen molar-refractivity contribution >= 4 is 29.0 Å². The molecular weight excluding hydrogens is 332 g/mol. The maximum atomic E-state index is 12.1. The fourth-order valence-electron chi connectivity index (χ4n) is 2.28. The summed E-state index contributed by atoms with van der Waals surface area (Å²) >= 11 is 5.93. The molecule has 0 bridgehead atoms. The lowest BCUT2D eigenvalue weighted by atomic mass is 10.5. The van der Waals surface area contributed by atoms with Crippen LogP contribution in [0.15, 0.2) is 36.8 Å². The highest BCUT2D eigenvalue weighted by atomic mass is 35.5. The van der Waals surface area contributed by atoms with Crippen LogP contribution in [0, 0.1) is 6.92 Å². The van der Waals surface area contributed by atoms with Gasteiger partial charge in [0.2, 0.25) is 0 Å². The average Bonchev–Trinajstić information content (AvgIpc) is 3.16. The van der Waals surface area contributed by atoms with Crippen molar-refractivity contribution in [3.63, 3.8) is 0 Å². The number of hydrogen-bond donors (Lipinski definition) is 0. The summed E-state index contributed by atoms with van der Waals surface area (Å²) in [6.45, 7) is 1.86. The second-order valence-electron chi connectivity index (χ2n) is 5.15. The number of aryl methyl sites for hydroxylation is 1.